The van der Waals surface area contributed by atoms with Crippen molar-refractivity contribution < 1.29 is 22.6 Å². The van der Waals surface area contributed by atoms with Crippen molar-refractivity contribution in [3.05, 3.63) is 39.8 Å². The van der Waals surface area contributed by atoms with Crippen LogP contribution in [0.3, 0.4) is 0 Å². The summed E-state index contributed by atoms with van der Waals surface area (Å²) in [5.74, 6) is 0.400. The first-order chi connectivity index (χ1) is 12.6. The zero-order valence-corrected chi connectivity index (χ0v) is 16.8. The van der Waals surface area contributed by atoms with Crippen LogP contribution in [0.25, 0.3) is 0 Å². The van der Waals surface area contributed by atoms with Gasteiger partial charge in [0, 0.05) is 23.9 Å². The van der Waals surface area contributed by atoms with Gasteiger partial charge in [-0.15, -0.1) is 11.3 Å². The Morgan fingerprint density at radius 3 is 2.41 bits per heavy atom. The van der Waals surface area contributed by atoms with Crippen LogP contribution in [0.15, 0.2) is 23.6 Å². The van der Waals surface area contributed by atoms with Crippen LogP contribution in [0, 0.1) is 0 Å². The molecule has 0 fully saturated rings. The molecule has 4 nitrogen and oxygen atoms in total. The molecule has 0 unspecified atom stereocenters. The lowest BCUT2D eigenvalue weighted by Crippen LogP contribution is -2.19. The third-order valence-electron chi connectivity index (χ3n) is 3.53. The topological polar surface area (TPSA) is 43.4 Å². The smallest absolute Gasteiger partial charge is 0.422 e. The monoisotopic (exact) mass is 402 g/mol. The molecule has 1 heterocycles. The Labute approximate surface area is 161 Å². The van der Waals surface area contributed by atoms with Gasteiger partial charge in [0.15, 0.2) is 18.1 Å². The highest BCUT2D eigenvalue weighted by atomic mass is 32.1. The van der Waals surface area contributed by atoms with Gasteiger partial charge in [0.25, 0.3) is 0 Å². The first-order valence-corrected chi connectivity index (χ1v) is 9.57. The van der Waals surface area contributed by atoms with Crippen LogP contribution in [0.5, 0.6) is 11.5 Å². The Morgan fingerprint density at radius 1 is 1.07 bits per heavy atom. The molecule has 2 aromatic rings. The molecule has 0 aliphatic heterocycles. The number of ether oxygens (including phenoxy) is 2. The molecule has 0 bridgehead atoms. The Morgan fingerprint density at radius 2 is 1.81 bits per heavy atom. The Bertz CT molecular complexity index is 739. The van der Waals surface area contributed by atoms with E-state index in [1.807, 2.05) is 5.38 Å². The van der Waals surface area contributed by atoms with E-state index in [0.29, 0.717) is 25.4 Å². The van der Waals surface area contributed by atoms with Crippen molar-refractivity contribution in [2.45, 2.75) is 52.4 Å². The minimum absolute atomic E-state index is 0.0293. The van der Waals surface area contributed by atoms with Gasteiger partial charge in [0.05, 0.1) is 17.3 Å². The first-order valence-electron chi connectivity index (χ1n) is 8.69. The maximum atomic E-state index is 12.4. The SMILES string of the molecule is CCOc1cc(CNCc2csc(C(C)(C)C)n2)ccc1OCC(F)(F)F. The van der Waals surface area contributed by atoms with Crippen molar-refractivity contribution >= 4 is 11.3 Å². The number of nitrogens with one attached hydrogen (secondary N) is 1. The van der Waals surface area contributed by atoms with E-state index >= 15 is 0 Å². The second-order valence-corrected chi connectivity index (χ2v) is 7.97. The van der Waals surface area contributed by atoms with Crippen LogP contribution < -0.4 is 14.8 Å². The number of nitrogens with zero attached hydrogens (tertiary/aromatic N) is 1. The average Bonchev–Trinajstić information content (AvgIpc) is 3.03. The van der Waals surface area contributed by atoms with E-state index < -0.39 is 12.8 Å². The third kappa shape index (κ3) is 7.03. The Hall–Kier alpha value is -1.80. The lowest BCUT2D eigenvalue weighted by molar-refractivity contribution is -0.153. The molecular weight excluding hydrogens is 377 g/mol. The van der Waals surface area contributed by atoms with Crippen LogP contribution in [-0.4, -0.2) is 24.4 Å². The summed E-state index contributed by atoms with van der Waals surface area (Å²) in [6.07, 6.45) is -4.39. The van der Waals surface area contributed by atoms with Gasteiger partial charge in [-0.05, 0) is 24.6 Å². The normalized spacial score (nSPS) is 12.3. The van der Waals surface area contributed by atoms with Crippen LogP contribution in [0.2, 0.25) is 0 Å². The van der Waals surface area contributed by atoms with Crippen molar-refractivity contribution in [1.29, 1.82) is 0 Å². The molecule has 1 N–H and O–H groups in total. The number of halogens is 3. The molecule has 2 rings (SSSR count). The number of rotatable bonds is 8. The number of aromatic nitrogens is 1. The van der Waals surface area contributed by atoms with E-state index in [2.05, 4.69) is 31.1 Å². The molecule has 8 heteroatoms. The summed E-state index contributed by atoms with van der Waals surface area (Å²) in [6.45, 7) is 8.30. The summed E-state index contributed by atoms with van der Waals surface area (Å²) in [7, 11) is 0. The van der Waals surface area contributed by atoms with E-state index in [1.165, 1.54) is 6.07 Å². The van der Waals surface area contributed by atoms with Crippen molar-refractivity contribution in [3.8, 4) is 11.5 Å². The number of benzene rings is 1. The third-order valence-corrected chi connectivity index (χ3v) is 4.84. The molecule has 150 valence electrons. The van der Waals surface area contributed by atoms with Crippen molar-refractivity contribution in [2.24, 2.45) is 0 Å². The van der Waals surface area contributed by atoms with Gasteiger partial charge < -0.3 is 14.8 Å². The van der Waals surface area contributed by atoms with Gasteiger partial charge in [-0.25, -0.2) is 4.98 Å². The van der Waals surface area contributed by atoms with Gasteiger partial charge >= 0.3 is 6.18 Å². The molecule has 0 radical (unpaired) electrons. The zero-order valence-electron chi connectivity index (χ0n) is 15.9. The lowest BCUT2D eigenvalue weighted by atomic mass is 9.98. The van der Waals surface area contributed by atoms with E-state index in [0.717, 1.165) is 16.3 Å². The number of hydrogen-bond acceptors (Lipinski definition) is 5. The molecule has 0 aliphatic carbocycles. The van der Waals surface area contributed by atoms with Gasteiger partial charge in [-0.3, -0.25) is 0 Å². The largest absolute Gasteiger partial charge is 0.490 e. The fourth-order valence-electron chi connectivity index (χ4n) is 2.28. The molecule has 1 aromatic carbocycles. The molecule has 27 heavy (non-hydrogen) atoms. The van der Waals surface area contributed by atoms with Crippen LogP contribution in [0.1, 0.15) is 44.0 Å². The van der Waals surface area contributed by atoms with Gasteiger partial charge in [-0.2, -0.15) is 13.2 Å². The molecule has 0 amide bonds. The van der Waals surface area contributed by atoms with Crippen molar-refractivity contribution in [3.63, 3.8) is 0 Å². The zero-order chi connectivity index (χ0) is 20.1. The molecule has 0 spiro atoms. The molecule has 1 aromatic heterocycles. The van der Waals surface area contributed by atoms with E-state index in [9.17, 15) is 13.2 Å². The molecule has 0 aliphatic rings. The highest BCUT2D eigenvalue weighted by molar-refractivity contribution is 7.09. The van der Waals surface area contributed by atoms with E-state index in [1.54, 1.807) is 30.4 Å². The predicted octanol–water partition coefficient (Wildman–Crippen LogP) is 5.07. The minimum Gasteiger partial charge on any atom is -0.490 e. The standard InChI is InChI=1S/C19H25F3N2O2S/c1-5-25-16-8-13(6-7-15(16)26-12-19(20,21)22)9-23-10-14-11-27-17(24-14)18(2,3)4/h6-8,11,23H,5,9-10,12H2,1-4H3. The lowest BCUT2D eigenvalue weighted by Gasteiger charge is -2.15. The van der Waals surface area contributed by atoms with E-state index in [4.69, 9.17) is 9.47 Å². The Kier molecular flexibility index (Phi) is 7.11. The van der Waals surface area contributed by atoms with Crippen LogP contribution in [-0.2, 0) is 18.5 Å². The first kappa shape index (κ1) is 21.5. The summed E-state index contributed by atoms with van der Waals surface area (Å²) in [5.41, 5.74) is 1.89. The summed E-state index contributed by atoms with van der Waals surface area (Å²) in [5, 5.41) is 6.42. The second-order valence-electron chi connectivity index (χ2n) is 7.12. The summed E-state index contributed by atoms with van der Waals surface area (Å²) in [6, 6.07) is 4.93. The highest BCUT2D eigenvalue weighted by Crippen LogP contribution is 2.30. The quantitative estimate of drug-likeness (QED) is 0.670. The maximum absolute atomic E-state index is 12.4. The average molecular weight is 402 g/mol. The predicted molar refractivity (Wildman–Crippen MR) is 101 cm³/mol. The summed E-state index contributed by atoms with van der Waals surface area (Å²) < 4.78 is 47.3. The van der Waals surface area contributed by atoms with Gasteiger partial charge in [0.1, 0.15) is 0 Å². The fourth-order valence-corrected chi connectivity index (χ4v) is 3.18. The summed E-state index contributed by atoms with van der Waals surface area (Å²) in [4.78, 5) is 4.63. The molecule has 0 atom stereocenters. The molecular formula is C19H25F3N2O2S. The maximum Gasteiger partial charge on any atom is 0.422 e. The van der Waals surface area contributed by atoms with Crippen molar-refractivity contribution in [1.82, 2.24) is 10.3 Å². The molecule has 0 saturated heterocycles. The minimum atomic E-state index is -4.39. The number of hydrogen-bond donors (Lipinski definition) is 1. The summed E-state index contributed by atoms with van der Waals surface area (Å²) >= 11 is 1.64. The van der Waals surface area contributed by atoms with Crippen molar-refractivity contribution in [2.75, 3.05) is 13.2 Å². The van der Waals surface area contributed by atoms with Crippen LogP contribution >= 0.6 is 11.3 Å². The second kappa shape index (κ2) is 8.93. The van der Waals surface area contributed by atoms with Gasteiger partial charge in [-0.1, -0.05) is 26.8 Å². The highest BCUT2D eigenvalue weighted by Gasteiger charge is 2.29. The number of thiazole rings is 1. The van der Waals surface area contributed by atoms with Gasteiger partial charge in [0.2, 0.25) is 0 Å². The van der Waals surface area contributed by atoms with E-state index in [-0.39, 0.29) is 11.2 Å². The number of alkyl halides is 3. The Balaban J connectivity index is 1.96. The fraction of sp³-hybridized carbons (Fsp3) is 0.526. The van der Waals surface area contributed by atoms with Crippen LogP contribution in [0.4, 0.5) is 13.2 Å². The molecule has 0 saturated carbocycles.